The molecule has 1 saturated heterocycles. The molecule has 2 rings (SSSR count). The molecule has 0 saturated carbocycles. The highest BCUT2D eigenvalue weighted by molar-refractivity contribution is 5.86. The van der Waals surface area contributed by atoms with Gasteiger partial charge in [-0.25, -0.2) is 0 Å². The Morgan fingerprint density at radius 2 is 2.04 bits per heavy atom. The van der Waals surface area contributed by atoms with Crippen molar-refractivity contribution in [2.24, 2.45) is 4.99 Å². The summed E-state index contributed by atoms with van der Waals surface area (Å²) in [6.45, 7) is 10.5. The van der Waals surface area contributed by atoms with E-state index in [0.29, 0.717) is 0 Å². The van der Waals surface area contributed by atoms with Crippen LogP contribution in [0, 0.1) is 0 Å². The number of hydrogen-bond acceptors (Lipinski definition) is 5. The highest BCUT2D eigenvalue weighted by Crippen LogP contribution is 2.07. The molecule has 1 aromatic heterocycles. The number of carbonyl (C=O) groups excluding carboxylic acids is 1. The molecule has 0 bridgehead atoms. The van der Waals surface area contributed by atoms with Gasteiger partial charge >= 0.3 is 0 Å². The maximum Gasteiger partial charge on any atom is 0.239 e. The molecule has 0 spiro atoms. The summed E-state index contributed by atoms with van der Waals surface area (Å²) in [5.74, 6) is 0.730. The summed E-state index contributed by atoms with van der Waals surface area (Å²) in [6, 6.07) is 1.89. The Labute approximate surface area is 143 Å². The third-order valence-electron chi connectivity index (χ3n) is 3.68. The molecule has 0 unspecified atom stereocenters. The van der Waals surface area contributed by atoms with E-state index in [1.54, 1.807) is 13.3 Å². The number of amides is 1. The highest BCUT2D eigenvalue weighted by atomic mass is 16.5. The number of piperazine rings is 1. The molecule has 8 heteroatoms. The van der Waals surface area contributed by atoms with E-state index in [-0.39, 0.29) is 18.0 Å². The van der Waals surface area contributed by atoms with Crippen LogP contribution < -0.4 is 10.6 Å². The van der Waals surface area contributed by atoms with Crippen molar-refractivity contribution >= 4 is 11.9 Å². The Morgan fingerprint density at radius 1 is 1.33 bits per heavy atom. The lowest BCUT2D eigenvalue weighted by atomic mass is 10.1. The lowest BCUT2D eigenvalue weighted by Gasteiger charge is -2.36. The van der Waals surface area contributed by atoms with Crippen LogP contribution in [0.2, 0.25) is 0 Å². The zero-order valence-electron chi connectivity index (χ0n) is 15.0. The highest BCUT2D eigenvalue weighted by Gasteiger charge is 2.21. The number of rotatable bonds is 4. The molecule has 1 amide bonds. The number of aliphatic imine (C=N–C) groups is 1. The van der Waals surface area contributed by atoms with Crippen LogP contribution in [0.1, 0.15) is 26.5 Å². The quantitative estimate of drug-likeness (QED) is 0.607. The Kier molecular flexibility index (Phi) is 6.19. The third-order valence-corrected chi connectivity index (χ3v) is 3.68. The zero-order valence-corrected chi connectivity index (χ0v) is 15.0. The van der Waals surface area contributed by atoms with Crippen molar-refractivity contribution in [3.63, 3.8) is 0 Å². The van der Waals surface area contributed by atoms with Crippen molar-refractivity contribution in [3.8, 4) is 0 Å². The molecular formula is C16H28N6O2. The summed E-state index contributed by atoms with van der Waals surface area (Å²) in [5.41, 5.74) is 0.722. The fourth-order valence-corrected chi connectivity index (χ4v) is 2.62. The molecule has 0 radical (unpaired) electrons. The Balaban J connectivity index is 1.75. The molecule has 2 heterocycles. The van der Waals surface area contributed by atoms with Gasteiger partial charge < -0.3 is 20.1 Å². The van der Waals surface area contributed by atoms with E-state index < -0.39 is 0 Å². The summed E-state index contributed by atoms with van der Waals surface area (Å²) >= 11 is 0. The van der Waals surface area contributed by atoms with Crippen LogP contribution in [0.5, 0.6) is 0 Å². The van der Waals surface area contributed by atoms with E-state index >= 15 is 0 Å². The first kappa shape index (κ1) is 18.3. The number of guanidine groups is 1. The number of hydrogen-bond donors (Lipinski definition) is 2. The number of carbonyl (C=O) groups is 1. The van der Waals surface area contributed by atoms with Crippen LogP contribution in [0.15, 0.2) is 21.8 Å². The van der Waals surface area contributed by atoms with Gasteiger partial charge in [0, 0.05) is 51.4 Å². The second kappa shape index (κ2) is 8.14. The second-order valence-electron chi connectivity index (χ2n) is 6.95. The lowest BCUT2D eigenvalue weighted by Crippen LogP contribution is -2.54. The van der Waals surface area contributed by atoms with Gasteiger partial charge in [0.25, 0.3) is 0 Å². The standard InChI is InChI=1S/C16H28N6O2/c1-16(2,3)19-14(23)11-18-15(17-4)22-8-6-21(7-9-22)12-13-5-10-24-20-13/h5,10H,6-9,11-12H2,1-4H3,(H,17,18)(H,19,23). The molecule has 134 valence electrons. The van der Waals surface area contributed by atoms with Crippen molar-refractivity contribution in [2.45, 2.75) is 32.9 Å². The van der Waals surface area contributed by atoms with E-state index in [1.165, 1.54) is 0 Å². The van der Waals surface area contributed by atoms with Gasteiger partial charge in [-0.05, 0) is 20.8 Å². The number of nitrogens with one attached hydrogen (secondary N) is 2. The molecule has 0 atom stereocenters. The van der Waals surface area contributed by atoms with Crippen LogP contribution in [-0.2, 0) is 11.3 Å². The van der Waals surface area contributed by atoms with Gasteiger partial charge in [-0.15, -0.1) is 0 Å². The van der Waals surface area contributed by atoms with Gasteiger partial charge in [0.2, 0.25) is 5.91 Å². The molecule has 2 N–H and O–H groups in total. The molecular weight excluding hydrogens is 308 g/mol. The minimum absolute atomic E-state index is 0.0340. The van der Waals surface area contributed by atoms with Gasteiger partial charge in [0.05, 0.1) is 12.2 Å². The van der Waals surface area contributed by atoms with Crippen LogP contribution in [0.4, 0.5) is 0 Å². The minimum atomic E-state index is -0.227. The third kappa shape index (κ3) is 5.84. The minimum Gasteiger partial charge on any atom is -0.364 e. The number of nitrogens with zero attached hydrogens (tertiary/aromatic N) is 4. The summed E-state index contributed by atoms with van der Waals surface area (Å²) in [7, 11) is 1.74. The molecule has 0 aliphatic carbocycles. The maximum absolute atomic E-state index is 11.9. The predicted octanol–water partition coefficient (Wildman–Crippen LogP) is 0.282. The summed E-state index contributed by atoms with van der Waals surface area (Å²) in [5, 5.41) is 10.0. The summed E-state index contributed by atoms with van der Waals surface area (Å²) < 4.78 is 4.87. The van der Waals surface area contributed by atoms with Gasteiger partial charge in [0.1, 0.15) is 6.26 Å². The summed E-state index contributed by atoms with van der Waals surface area (Å²) in [4.78, 5) is 20.7. The average Bonchev–Trinajstić information content (AvgIpc) is 3.00. The zero-order chi connectivity index (χ0) is 17.6. The van der Waals surface area contributed by atoms with Crippen LogP contribution in [0.3, 0.4) is 0 Å². The molecule has 1 aliphatic heterocycles. The van der Waals surface area contributed by atoms with Crippen molar-refractivity contribution < 1.29 is 9.32 Å². The van der Waals surface area contributed by atoms with Gasteiger partial charge in [0.15, 0.2) is 5.96 Å². The lowest BCUT2D eigenvalue weighted by molar-refractivity contribution is -0.121. The molecule has 1 aromatic rings. The first-order valence-electron chi connectivity index (χ1n) is 8.25. The van der Waals surface area contributed by atoms with Crippen molar-refractivity contribution in [1.29, 1.82) is 0 Å². The SMILES string of the molecule is CN=C(NCC(=O)NC(C)(C)C)N1CCN(Cc2ccon2)CC1. The van der Waals surface area contributed by atoms with E-state index in [2.05, 4.69) is 30.6 Å². The molecule has 24 heavy (non-hydrogen) atoms. The van der Waals surface area contributed by atoms with Crippen molar-refractivity contribution in [1.82, 2.24) is 25.6 Å². The molecule has 0 aromatic carbocycles. The Bertz CT molecular complexity index is 541. The Morgan fingerprint density at radius 3 is 2.58 bits per heavy atom. The topological polar surface area (TPSA) is 86.0 Å². The van der Waals surface area contributed by atoms with Crippen LogP contribution >= 0.6 is 0 Å². The van der Waals surface area contributed by atoms with E-state index in [9.17, 15) is 4.79 Å². The monoisotopic (exact) mass is 336 g/mol. The smallest absolute Gasteiger partial charge is 0.239 e. The molecule has 1 aliphatic rings. The van der Waals surface area contributed by atoms with Crippen LogP contribution in [0.25, 0.3) is 0 Å². The summed E-state index contributed by atoms with van der Waals surface area (Å²) in [6.07, 6.45) is 1.60. The maximum atomic E-state index is 11.9. The normalized spacial score (nSPS) is 17.0. The number of aromatic nitrogens is 1. The van der Waals surface area contributed by atoms with Gasteiger partial charge in [-0.1, -0.05) is 5.16 Å². The van der Waals surface area contributed by atoms with Gasteiger partial charge in [-0.3, -0.25) is 14.7 Å². The average molecular weight is 336 g/mol. The largest absolute Gasteiger partial charge is 0.364 e. The first-order valence-corrected chi connectivity index (χ1v) is 8.25. The molecule has 8 nitrogen and oxygen atoms in total. The molecule has 1 fully saturated rings. The second-order valence-corrected chi connectivity index (χ2v) is 6.95. The van der Waals surface area contributed by atoms with E-state index in [0.717, 1.165) is 44.4 Å². The van der Waals surface area contributed by atoms with Gasteiger partial charge in [-0.2, -0.15) is 0 Å². The Hall–Kier alpha value is -2.09. The van der Waals surface area contributed by atoms with Crippen molar-refractivity contribution in [2.75, 3.05) is 39.8 Å². The van der Waals surface area contributed by atoms with E-state index in [1.807, 2.05) is 26.8 Å². The fraction of sp³-hybridized carbons (Fsp3) is 0.688. The first-order chi connectivity index (χ1) is 11.4. The van der Waals surface area contributed by atoms with Crippen molar-refractivity contribution in [3.05, 3.63) is 18.0 Å². The van der Waals surface area contributed by atoms with Crippen LogP contribution in [-0.4, -0.2) is 72.1 Å². The van der Waals surface area contributed by atoms with E-state index in [4.69, 9.17) is 4.52 Å². The fourth-order valence-electron chi connectivity index (χ4n) is 2.62. The predicted molar refractivity (Wildman–Crippen MR) is 92.6 cm³/mol.